The van der Waals surface area contributed by atoms with Crippen LogP contribution in [0.2, 0.25) is 0 Å². The fourth-order valence-electron chi connectivity index (χ4n) is 4.16. The van der Waals surface area contributed by atoms with E-state index in [2.05, 4.69) is 9.97 Å². The normalized spacial score (nSPS) is 27.5. The van der Waals surface area contributed by atoms with Gasteiger partial charge in [0.2, 0.25) is 5.82 Å². The maximum Gasteiger partial charge on any atom is 0.451 e. The number of halogens is 4. The maximum atomic E-state index is 15.2. The van der Waals surface area contributed by atoms with Gasteiger partial charge in [-0.3, -0.25) is 0 Å². The third-order valence-corrected chi connectivity index (χ3v) is 5.68. The number of anilines is 1. The zero-order valence-corrected chi connectivity index (χ0v) is 14.1. The van der Waals surface area contributed by atoms with Crippen molar-refractivity contribution in [1.82, 2.24) is 9.97 Å². The molecule has 3 nitrogen and oxygen atoms in total. The van der Waals surface area contributed by atoms with E-state index in [9.17, 15) is 13.2 Å². The van der Waals surface area contributed by atoms with Gasteiger partial charge in [0.05, 0.1) is 0 Å². The topological polar surface area (TPSA) is 29.0 Å². The lowest BCUT2D eigenvalue weighted by Crippen LogP contribution is -2.57. The predicted molar refractivity (Wildman–Crippen MR) is 83.6 cm³/mol. The number of nitrogens with zero attached hydrogens (tertiary/aromatic N) is 3. The van der Waals surface area contributed by atoms with E-state index < -0.39 is 23.1 Å². The summed E-state index contributed by atoms with van der Waals surface area (Å²) in [5, 5.41) is 0. The molecule has 1 saturated heterocycles. The van der Waals surface area contributed by atoms with Crippen LogP contribution in [0.5, 0.6) is 0 Å². The summed E-state index contributed by atoms with van der Waals surface area (Å²) in [6, 6.07) is 1.56. The lowest BCUT2D eigenvalue weighted by molar-refractivity contribution is -0.145. The standard InChI is InChI=1S/C17H23F4N3/c1-12-10-13(23-14(22-12)17(19,20)21)24-9-8-15(2,18)16(11-24)6-4-3-5-7-16/h10H,3-9,11H2,1-2H3. The number of piperidine rings is 1. The molecule has 3 rings (SSSR count). The number of rotatable bonds is 1. The Kier molecular flexibility index (Phi) is 4.24. The Bertz CT molecular complexity index is 606. The number of hydrogen-bond donors (Lipinski definition) is 0. The van der Waals surface area contributed by atoms with Gasteiger partial charge in [0.25, 0.3) is 0 Å². The first-order chi connectivity index (χ1) is 11.1. The molecule has 1 saturated carbocycles. The lowest BCUT2D eigenvalue weighted by atomic mass is 9.62. The van der Waals surface area contributed by atoms with E-state index in [1.165, 1.54) is 6.92 Å². The van der Waals surface area contributed by atoms with Crippen molar-refractivity contribution >= 4 is 5.82 Å². The molecule has 0 bridgehead atoms. The van der Waals surface area contributed by atoms with Crippen LogP contribution in [-0.2, 0) is 6.18 Å². The van der Waals surface area contributed by atoms with E-state index in [0.29, 0.717) is 19.5 Å². The van der Waals surface area contributed by atoms with Crippen molar-refractivity contribution in [3.05, 3.63) is 17.6 Å². The predicted octanol–water partition coefficient (Wildman–Crippen LogP) is 4.69. The van der Waals surface area contributed by atoms with Gasteiger partial charge >= 0.3 is 6.18 Å². The Morgan fingerprint density at radius 2 is 1.75 bits per heavy atom. The van der Waals surface area contributed by atoms with Crippen LogP contribution < -0.4 is 4.90 Å². The highest BCUT2D eigenvalue weighted by Crippen LogP contribution is 2.51. The Morgan fingerprint density at radius 3 is 2.38 bits per heavy atom. The summed E-state index contributed by atoms with van der Waals surface area (Å²) in [5.41, 5.74) is -1.49. The largest absolute Gasteiger partial charge is 0.451 e. The summed E-state index contributed by atoms with van der Waals surface area (Å²) in [7, 11) is 0. The number of aromatic nitrogens is 2. The molecule has 0 radical (unpaired) electrons. The molecular weight excluding hydrogens is 322 g/mol. The van der Waals surface area contributed by atoms with Crippen LogP contribution in [0.25, 0.3) is 0 Å². The fourth-order valence-corrected chi connectivity index (χ4v) is 4.16. The minimum absolute atomic E-state index is 0.260. The van der Waals surface area contributed by atoms with Gasteiger partial charge in [-0.25, -0.2) is 14.4 Å². The van der Waals surface area contributed by atoms with Crippen LogP contribution in [0.1, 0.15) is 57.0 Å². The monoisotopic (exact) mass is 345 g/mol. The van der Waals surface area contributed by atoms with E-state index in [1.54, 1.807) is 13.0 Å². The van der Waals surface area contributed by atoms with Gasteiger partial charge in [0.15, 0.2) is 0 Å². The summed E-state index contributed by atoms with van der Waals surface area (Å²) in [4.78, 5) is 9.03. The maximum absolute atomic E-state index is 15.2. The van der Waals surface area contributed by atoms with Crippen LogP contribution in [0.3, 0.4) is 0 Å². The molecular formula is C17H23F4N3. The second-order valence-electron chi connectivity index (χ2n) is 7.40. The van der Waals surface area contributed by atoms with Gasteiger partial charge in [-0.2, -0.15) is 13.2 Å². The van der Waals surface area contributed by atoms with Crippen molar-refractivity contribution in [3.63, 3.8) is 0 Å². The van der Waals surface area contributed by atoms with Crippen molar-refractivity contribution in [2.24, 2.45) is 5.41 Å². The SMILES string of the molecule is Cc1cc(N2CCC(C)(F)C3(CCCCC3)C2)nc(C(F)(F)F)n1. The van der Waals surface area contributed by atoms with Crippen LogP contribution in [0, 0.1) is 12.3 Å². The van der Waals surface area contributed by atoms with Crippen molar-refractivity contribution in [3.8, 4) is 0 Å². The zero-order chi connectivity index (χ0) is 17.6. The first-order valence-corrected chi connectivity index (χ1v) is 8.50. The average molecular weight is 345 g/mol. The van der Waals surface area contributed by atoms with Gasteiger partial charge in [-0.15, -0.1) is 0 Å². The highest BCUT2D eigenvalue weighted by molar-refractivity contribution is 5.42. The minimum Gasteiger partial charge on any atom is -0.356 e. The van der Waals surface area contributed by atoms with Gasteiger partial charge in [0.1, 0.15) is 11.5 Å². The molecule has 1 aliphatic heterocycles. The average Bonchev–Trinajstić information content (AvgIpc) is 2.50. The summed E-state index contributed by atoms with van der Waals surface area (Å²) >= 11 is 0. The number of hydrogen-bond acceptors (Lipinski definition) is 3. The molecule has 1 aliphatic carbocycles. The summed E-state index contributed by atoms with van der Waals surface area (Å²) in [5.74, 6) is -0.862. The third-order valence-electron chi connectivity index (χ3n) is 5.68. The summed E-state index contributed by atoms with van der Waals surface area (Å²) in [6.45, 7) is 3.98. The smallest absolute Gasteiger partial charge is 0.356 e. The molecule has 134 valence electrons. The van der Waals surface area contributed by atoms with Crippen LogP contribution in [-0.4, -0.2) is 28.7 Å². The molecule has 1 unspecified atom stereocenters. The quantitative estimate of drug-likeness (QED) is 0.691. The highest BCUT2D eigenvalue weighted by atomic mass is 19.4. The van der Waals surface area contributed by atoms with Crippen molar-refractivity contribution < 1.29 is 17.6 Å². The number of aryl methyl sites for hydroxylation is 1. The van der Waals surface area contributed by atoms with E-state index in [4.69, 9.17) is 0 Å². The summed E-state index contributed by atoms with van der Waals surface area (Å²) < 4.78 is 54.2. The van der Waals surface area contributed by atoms with Gasteiger partial charge in [-0.05, 0) is 33.1 Å². The lowest BCUT2D eigenvalue weighted by Gasteiger charge is -2.53. The van der Waals surface area contributed by atoms with Crippen molar-refractivity contribution in [1.29, 1.82) is 0 Å². The zero-order valence-electron chi connectivity index (χ0n) is 14.1. The van der Waals surface area contributed by atoms with Gasteiger partial charge in [-0.1, -0.05) is 19.3 Å². The molecule has 0 aromatic carbocycles. The molecule has 0 N–H and O–H groups in total. The molecule has 0 amide bonds. The first-order valence-electron chi connectivity index (χ1n) is 8.50. The molecule has 2 fully saturated rings. The van der Waals surface area contributed by atoms with Crippen molar-refractivity contribution in [2.75, 3.05) is 18.0 Å². The number of alkyl halides is 4. The molecule has 1 atom stereocenters. The fraction of sp³-hybridized carbons (Fsp3) is 0.765. The van der Waals surface area contributed by atoms with Crippen molar-refractivity contribution in [2.45, 2.75) is 64.2 Å². The first kappa shape index (κ1) is 17.4. The van der Waals surface area contributed by atoms with Crippen LogP contribution in [0.4, 0.5) is 23.4 Å². The molecule has 1 aromatic rings. The Morgan fingerprint density at radius 1 is 1.08 bits per heavy atom. The molecule has 1 spiro atoms. The molecule has 1 aromatic heterocycles. The molecule has 24 heavy (non-hydrogen) atoms. The van der Waals surface area contributed by atoms with Gasteiger partial charge < -0.3 is 4.90 Å². The van der Waals surface area contributed by atoms with E-state index in [1.807, 2.05) is 4.90 Å². The van der Waals surface area contributed by atoms with Gasteiger partial charge in [0, 0.05) is 30.3 Å². The van der Waals surface area contributed by atoms with E-state index >= 15 is 4.39 Å². The Hall–Kier alpha value is -1.40. The molecule has 2 heterocycles. The van der Waals surface area contributed by atoms with Crippen LogP contribution >= 0.6 is 0 Å². The molecule has 2 aliphatic rings. The third kappa shape index (κ3) is 3.09. The van der Waals surface area contributed by atoms with E-state index in [-0.39, 0.29) is 11.5 Å². The Labute approximate surface area is 139 Å². The van der Waals surface area contributed by atoms with E-state index in [0.717, 1.165) is 32.1 Å². The Balaban J connectivity index is 1.92. The van der Waals surface area contributed by atoms with Crippen LogP contribution in [0.15, 0.2) is 6.07 Å². The molecule has 7 heteroatoms. The second-order valence-corrected chi connectivity index (χ2v) is 7.40. The highest BCUT2D eigenvalue weighted by Gasteiger charge is 2.52. The summed E-state index contributed by atoms with van der Waals surface area (Å²) in [6.07, 6.45) is 0.362. The second kappa shape index (κ2) is 5.85. The minimum atomic E-state index is -4.58.